The molecule has 1 saturated heterocycles. The molecule has 1 aliphatic rings. The predicted octanol–water partition coefficient (Wildman–Crippen LogP) is 4.06. The van der Waals surface area contributed by atoms with Crippen LogP contribution in [0.15, 0.2) is 54.7 Å². The molecule has 0 unspecified atom stereocenters. The minimum absolute atomic E-state index is 0.0936. The van der Waals surface area contributed by atoms with Crippen molar-refractivity contribution in [3.8, 4) is 0 Å². The zero-order valence-electron chi connectivity index (χ0n) is 13.6. The molecule has 122 valence electrons. The summed E-state index contributed by atoms with van der Waals surface area (Å²) in [7, 11) is 0. The normalized spacial score (nSPS) is 14.2. The van der Waals surface area contributed by atoms with Gasteiger partial charge in [0.25, 0.3) is 0 Å². The van der Waals surface area contributed by atoms with Crippen LogP contribution in [0.3, 0.4) is 0 Å². The smallest absolute Gasteiger partial charge is 0.183 e. The van der Waals surface area contributed by atoms with Crippen LogP contribution in [-0.4, -0.2) is 30.4 Å². The van der Waals surface area contributed by atoms with Gasteiger partial charge in [-0.25, -0.2) is 0 Å². The van der Waals surface area contributed by atoms with E-state index in [0.717, 1.165) is 35.2 Å². The van der Waals surface area contributed by atoms with Gasteiger partial charge >= 0.3 is 0 Å². The van der Waals surface area contributed by atoms with Crippen LogP contribution in [0, 0.1) is 0 Å². The van der Waals surface area contributed by atoms with Crippen LogP contribution in [0.1, 0.15) is 23.2 Å². The van der Waals surface area contributed by atoms with E-state index in [1.807, 2.05) is 24.3 Å². The Hall–Kier alpha value is -2.75. The van der Waals surface area contributed by atoms with E-state index in [1.54, 1.807) is 6.20 Å². The molecule has 0 bridgehead atoms. The number of carbonyl (C=O) groups is 1. The lowest BCUT2D eigenvalue weighted by molar-refractivity contribution is 0.101. The number of hydrogen-bond donors (Lipinski definition) is 2. The van der Waals surface area contributed by atoms with E-state index in [2.05, 4.69) is 39.5 Å². The lowest BCUT2D eigenvalue weighted by atomic mass is 10.1. The number of aromatic amines is 1. The Bertz CT molecular complexity index is 845. The Kier molecular flexibility index (Phi) is 3.95. The zero-order chi connectivity index (χ0) is 16.4. The SMILES string of the molecule is O=C(CNc1ccc(N2CCCC2)cc1)c1c[nH]c2ccccc12. The van der Waals surface area contributed by atoms with Crippen molar-refractivity contribution < 1.29 is 4.79 Å². The highest BCUT2D eigenvalue weighted by molar-refractivity contribution is 6.09. The number of rotatable bonds is 5. The van der Waals surface area contributed by atoms with E-state index < -0.39 is 0 Å². The van der Waals surface area contributed by atoms with Crippen LogP contribution in [0.5, 0.6) is 0 Å². The summed E-state index contributed by atoms with van der Waals surface area (Å²) in [5.74, 6) is 0.0936. The lowest BCUT2D eigenvalue weighted by Crippen LogP contribution is -2.17. The molecule has 2 heterocycles. The maximum absolute atomic E-state index is 12.5. The average molecular weight is 319 g/mol. The molecular weight excluding hydrogens is 298 g/mol. The van der Waals surface area contributed by atoms with Crippen LogP contribution in [-0.2, 0) is 0 Å². The third-order valence-corrected chi connectivity index (χ3v) is 4.68. The molecule has 0 amide bonds. The molecule has 2 aromatic carbocycles. The van der Waals surface area contributed by atoms with E-state index in [9.17, 15) is 4.79 Å². The summed E-state index contributed by atoms with van der Waals surface area (Å²) in [5, 5.41) is 4.21. The Morgan fingerprint density at radius 2 is 1.79 bits per heavy atom. The number of nitrogens with zero attached hydrogens (tertiary/aromatic N) is 1. The molecule has 0 aliphatic carbocycles. The minimum Gasteiger partial charge on any atom is -0.378 e. The second-order valence-electron chi connectivity index (χ2n) is 6.27. The molecule has 0 saturated carbocycles. The van der Waals surface area contributed by atoms with Crippen LogP contribution in [0.2, 0.25) is 0 Å². The molecule has 1 aliphatic heterocycles. The fraction of sp³-hybridized carbons (Fsp3) is 0.250. The van der Waals surface area contributed by atoms with Gasteiger partial charge in [0.1, 0.15) is 0 Å². The summed E-state index contributed by atoms with van der Waals surface area (Å²) in [6.07, 6.45) is 4.35. The molecule has 4 heteroatoms. The van der Waals surface area contributed by atoms with Crippen molar-refractivity contribution in [3.63, 3.8) is 0 Å². The number of fused-ring (bicyclic) bond motifs is 1. The van der Waals surface area contributed by atoms with Crippen LogP contribution >= 0.6 is 0 Å². The molecular formula is C20H21N3O. The summed E-state index contributed by atoms with van der Waals surface area (Å²) in [6.45, 7) is 2.59. The first kappa shape index (κ1) is 14.8. The predicted molar refractivity (Wildman–Crippen MR) is 99.0 cm³/mol. The Morgan fingerprint density at radius 3 is 2.58 bits per heavy atom. The Morgan fingerprint density at radius 1 is 1.04 bits per heavy atom. The number of nitrogens with one attached hydrogen (secondary N) is 2. The highest BCUT2D eigenvalue weighted by Gasteiger charge is 2.13. The number of aromatic nitrogens is 1. The molecule has 1 aromatic heterocycles. The van der Waals surface area contributed by atoms with Gasteiger partial charge in [-0.3, -0.25) is 4.79 Å². The van der Waals surface area contributed by atoms with Crippen molar-refractivity contribution in [1.29, 1.82) is 0 Å². The topological polar surface area (TPSA) is 48.1 Å². The number of benzene rings is 2. The molecule has 4 nitrogen and oxygen atoms in total. The maximum atomic E-state index is 12.5. The highest BCUT2D eigenvalue weighted by Crippen LogP contribution is 2.22. The fourth-order valence-electron chi connectivity index (χ4n) is 3.35. The van der Waals surface area contributed by atoms with E-state index in [4.69, 9.17) is 0 Å². The molecule has 4 rings (SSSR count). The number of para-hydroxylation sites is 1. The van der Waals surface area contributed by atoms with Gasteiger partial charge in [0.05, 0.1) is 6.54 Å². The summed E-state index contributed by atoms with van der Waals surface area (Å²) in [6, 6.07) is 16.2. The van der Waals surface area contributed by atoms with Crippen LogP contribution in [0.25, 0.3) is 10.9 Å². The van der Waals surface area contributed by atoms with E-state index in [-0.39, 0.29) is 5.78 Å². The van der Waals surface area contributed by atoms with Gasteiger partial charge in [-0.2, -0.15) is 0 Å². The van der Waals surface area contributed by atoms with Crippen molar-refractivity contribution in [2.45, 2.75) is 12.8 Å². The molecule has 24 heavy (non-hydrogen) atoms. The standard InChI is InChI=1S/C20H21N3O/c24-20(18-13-22-19-6-2-1-5-17(18)19)14-21-15-7-9-16(10-8-15)23-11-3-4-12-23/h1-2,5-10,13,21-22H,3-4,11-12,14H2. The van der Waals surface area contributed by atoms with Crippen molar-refractivity contribution >= 4 is 28.1 Å². The molecule has 0 atom stereocenters. The number of H-pyrrole nitrogens is 1. The maximum Gasteiger partial charge on any atom is 0.183 e. The van der Waals surface area contributed by atoms with Crippen molar-refractivity contribution in [2.24, 2.45) is 0 Å². The Labute approximate surface area is 141 Å². The van der Waals surface area contributed by atoms with Crippen LogP contribution in [0.4, 0.5) is 11.4 Å². The molecule has 2 N–H and O–H groups in total. The van der Waals surface area contributed by atoms with E-state index in [1.165, 1.54) is 18.5 Å². The first-order valence-electron chi connectivity index (χ1n) is 8.49. The zero-order valence-corrected chi connectivity index (χ0v) is 13.6. The highest BCUT2D eigenvalue weighted by atomic mass is 16.1. The van der Waals surface area contributed by atoms with E-state index in [0.29, 0.717) is 6.54 Å². The number of ketones is 1. The Balaban J connectivity index is 1.42. The van der Waals surface area contributed by atoms with Gasteiger partial charge < -0.3 is 15.2 Å². The second kappa shape index (κ2) is 6.40. The number of anilines is 2. The van der Waals surface area contributed by atoms with E-state index >= 15 is 0 Å². The van der Waals surface area contributed by atoms with Crippen LogP contribution < -0.4 is 10.2 Å². The fourth-order valence-corrected chi connectivity index (χ4v) is 3.35. The monoisotopic (exact) mass is 319 g/mol. The third kappa shape index (κ3) is 2.87. The first-order chi connectivity index (χ1) is 11.8. The summed E-state index contributed by atoms with van der Waals surface area (Å²) in [4.78, 5) is 18.0. The summed E-state index contributed by atoms with van der Waals surface area (Å²) in [5.41, 5.74) is 3.98. The molecule has 1 fully saturated rings. The van der Waals surface area contributed by atoms with Gasteiger partial charge in [0.15, 0.2) is 5.78 Å². The van der Waals surface area contributed by atoms with Crippen molar-refractivity contribution in [1.82, 2.24) is 4.98 Å². The molecule has 0 spiro atoms. The third-order valence-electron chi connectivity index (χ3n) is 4.68. The number of carbonyl (C=O) groups excluding carboxylic acids is 1. The average Bonchev–Trinajstić information content (AvgIpc) is 3.30. The second-order valence-corrected chi connectivity index (χ2v) is 6.27. The summed E-state index contributed by atoms with van der Waals surface area (Å²) >= 11 is 0. The summed E-state index contributed by atoms with van der Waals surface area (Å²) < 4.78 is 0. The number of Topliss-reactive ketones (excluding diaryl/α,β-unsaturated/α-hetero) is 1. The van der Waals surface area contributed by atoms with Gasteiger partial charge in [-0.15, -0.1) is 0 Å². The molecule has 3 aromatic rings. The van der Waals surface area contributed by atoms with Gasteiger partial charge in [0, 0.05) is 47.1 Å². The first-order valence-corrected chi connectivity index (χ1v) is 8.49. The van der Waals surface area contributed by atoms with Crippen molar-refractivity contribution in [3.05, 3.63) is 60.3 Å². The number of hydrogen-bond acceptors (Lipinski definition) is 3. The lowest BCUT2D eigenvalue weighted by Gasteiger charge is -2.17. The molecule has 0 radical (unpaired) electrons. The minimum atomic E-state index is 0.0936. The van der Waals surface area contributed by atoms with Gasteiger partial charge in [-0.05, 0) is 43.2 Å². The largest absolute Gasteiger partial charge is 0.378 e. The van der Waals surface area contributed by atoms with Gasteiger partial charge in [0.2, 0.25) is 0 Å². The quantitative estimate of drug-likeness (QED) is 0.697. The van der Waals surface area contributed by atoms with Gasteiger partial charge in [-0.1, -0.05) is 18.2 Å². The van der Waals surface area contributed by atoms with Crippen molar-refractivity contribution in [2.75, 3.05) is 29.9 Å².